The second-order valence-electron chi connectivity index (χ2n) is 11.2. The molecule has 4 rings (SSSR count). The standard InChI is InChI=1S/C28H40O/c1-18(2)19(3)7-8-20(4)24-11-12-25-23-10-9-21-17-22(29)13-15-27(21,5)26(23)14-16-28(24,25)6/h7-8,13,15,17-20,24,26H,9-12,14,16H2,1-6H3/b8-7+/t19-,20+,24+,26-,27-,28+/m0/s1. The van der Waals surface area contributed by atoms with Crippen molar-refractivity contribution in [3.05, 3.63) is 47.1 Å². The number of fused-ring (bicyclic) bond motifs is 4. The Morgan fingerprint density at radius 3 is 2.52 bits per heavy atom. The number of rotatable bonds is 4. The predicted octanol–water partition coefficient (Wildman–Crippen LogP) is 7.46. The van der Waals surface area contributed by atoms with Crippen molar-refractivity contribution in [1.82, 2.24) is 0 Å². The Kier molecular flexibility index (Phi) is 5.33. The van der Waals surface area contributed by atoms with Crippen LogP contribution in [0.1, 0.15) is 80.1 Å². The molecule has 0 aliphatic heterocycles. The van der Waals surface area contributed by atoms with Gasteiger partial charge in [0.1, 0.15) is 0 Å². The fourth-order valence-electron chi connectivity index (χ4n) is 7.05. The zero-order chi connectivity index (χ0) is 21.0. The molecule has 2 fully saturated rings. The summed E-state index contributed by atoms with van der Waals surface area (Å²) in [6, 6.07) is 0. The van der Waals surface area contributed by atoms with Crippen LogP contribution in [0.3, 0.4) is 0 Å². The maximum atomic E-state index is 11.9. The number of hydrogen-bond acceptors (Lipinski definition) is 1. The molecule has 158 valence electrons. The molecular formula is C28H40O. The van der Waals surface area contributed by atoms with Crippen LogP contribution in [0, 0.1) is 40.4 Å². The van der Waals surface area contributed by atoms with Gasteiger partial charge in [-0.3, -0.25) is 4.79 Å². The van der Waals surface area contributed by atoms with Gasteiger partial charge in [-0.1, -0.05) is 76.5 Å². The molecule has 0 saturated heterocycles. The quantitative estimate of drug-likeness (QED) is 0.454. The number of hydrogen-bond donors (Lipinski definition) is 0. The molecule has 2 saturated carbocycles. The zero-order valence-corrected chi connectivity index (χ0v) is 19.4. The first-order valence-electron chi connectivity index (χ1n) is 12.0. The summed E-state index contributed by atoms with van der Waals surface area (Å²) in [5.41, 5.74) is 5.42. The van der Waals surface area contributed by atoms with Crippen LogP contribution >= 0.6 is 0 Å². The van der Waals surface area contributed by atoms with E-state index in [9.17, 15) is 4.79 Å². The smallest absolute Gasteiger partial charge is 0.178 e. The first-order chi connectivity index (χ1) is 13.7. The molecule has 0 aromatic heterocycles. The molecular weight excluding hydrogens is 352 g/mol. The Balaban J connectivity index is 1.62. The van der Waals surface area contributed by atoms with Gasteiger partial charge >= 0.3 is 0 Å². The molecule has 0 unspecified atom stereocenters. The molecule has 4 aliphatic carbocycles. The minimum Gasteiger partial charge on any atom is -0.290 e. The molecule has 1 nitrogen and oxygen atoms in total. The fourth-order valence-corrected chi connectivity index (χ4v) is 7.05. The van der Waals surface area contributed by atoms with Crippen LogP contribution in [-0.4, -0.2) is 5.78 Å². The van der Waals surface area contributed by atoms with Gasteiger partial charge in [0, 0.05) is 5.41 Å². The van der Waals surface area contributed by atoms with E-state index in [0.29, 0.717) is 29.1 Å². The summed E-state index contributed by atoms with van der Waals surface area (Å²) in [4.78, 5) is 11.9. The van der Waals surface area contributed by atoms with Gasteiger partial charge in [0.05, 0.1) is 0 Å². The minimum atomic E-state index is 0.0755. The van der Waals surface area contributed by atoms with Crippen LogP contribution in [0.25, 0.3) is 0 Å². The van der Waals surface area contributed by atoms with E-state index in [1.165, 1.54) is 37.7 Å². The summed E-state index contributed by atoms with van der Waals surface area (Å²) in [5, 5.41) is 0. The van der Waals surface area contributed by atoms with Crippen molar-refractivity contribution in [3.8, 4) is 0 Å². The van der Waals surface area contributed by atoms with E-state index in [1.807, 2.05) is 12.2 Å². The average molecular weight is 393 g/mol. The van der Waals surface area contributed by atoms with Crippen molar-refractivity contribution in [2.75, 3.05) is 0 Å². The normalized spacial score (nSPS) is 38.7. The molecule has 0 aromatic carbocycles. The molecule has 0 spiro atoms. The minimum absolute atomic E-state index is 0.0755. The Bertz CT molecular complexity index is 806. The van der Waals surface area contributed by atoms with Crippen LogP contribution in [0.4, 0.5) is 0 Å². The monoisotopic (exact) mass is 392 g/mol. The second-order valence-corrected chi connectivity index (χ2v) is 11.2. The third kappa shape index (κ3) is 3.33. The first-order valence-corrected chi connectivity index (χ1v) is 12.0. The average Bonchev–Trinajstić information content (AvgIpc) is 3.03. The topological polar surface area (TPSA) is 17.1 Å². The van der Waals surface area contributed by atoms with Crippen molar-refractivity contribution in [2.24, 2.45) is 40.4 Å². The second kappa shape index (κ2) is 7.40. The van der Waals surface area contributed by atoms with Gasteiger partial charge in [-0.15, -0.1) is 0 Å². The summed E-state index contributed by atoms with van der Waals surface area (Å²) in [5.74, 6) is 3.59. The van der Waals surface area contributed by atoms with E-state index in [4.69, 9.17) is 0 Å². The van der Waals surface area contributed by atoms with Crippen molar-refractivity contribution in [3.63, 3.8) is 0 Å². The van der Waals surface area contributed by atoms with Gasteiger partial charge in [0.2, 0.25) is 0 Å². The van der Waals surface area contributed by atoms with Crippen LogP contribution in [0.15, 0.2) is 47.1 Å². The summed E-state index contributed by atoms with van der Waals surface area (Å²) < 4.78 is 0. The van der Waals surface area contributed by atoms with E-state index in [2.05, 4.69) is 59.8 Å². The SMILES string of the molecule is CC(C)[C@@H](C)/C=C/[C@@H](C)[C@H]1CCC2=C3CCC4=CC(=O)C=C[C@]4(C)[C@H]3CC[C@@]21C. The molecule has 0 bridgehead atoms. The number of allylic oxidation sites excluding steroid dienone is 8. The number of carbonyl (C=O) groups excluding carboxylic acids is 1. The summed E-state index contributed by atoms with van der Waals surface area (Å²) in [7, 11) is 0. The Hall–Kier alpha value is -1.37. The lowest BCUT2D eigenvalue weighted by Gasteiger charge is -2.51. The Morgan fingerprint density at radius 2 is 1.79 bits per heavy atom. The number of ketones is 1. The van der Waals surface area contributed by atoms with Gasteiger partial charge in [-0.25, -0.2) is 0 Å². The number of carbonyl (C=O) groups is 1. The molecule has 1 heteroatoms. The maximum Gasteiger partial charge on any atom is 0.178 e. The summed E-state index contributed by atoms with van der Waals surface area (Å²) in [6.07, 6.45) is 18.5. The molecule has 0 N–H and O–H groups in total. The molecule has 0 radical (unpaired) electrons. The maximum absolute atomic E-state index is 11.9. The first kappa shape index (κ1) is 20.9. The Labute approximate surface area is 178 Å². The van der Waals surface area contributed by atoms with Crippen LogP contribution < -0.4 is 0 Å². The van der Waals surface area contributed by atoms with Crippen LogP contribution in [0.5, 0.6) is 0 Å². The molecule has 0 heterocycles. The highest BCUT2D eigenvalue weighted by Crippen LogP contribution is 2.64. The fraction of sp³-hybridized carbons (Fsp3) is 0.679. The highest BCUT2D eigenvalue weighted by molar-refractivity contribution is 6.01. The lowest BCUT2D eigenvalue weighted by Crippen LogP contribution is -2.41. The largest absolute Gasteiger partial charge is 0.290 e. The van der Waals surface area contributed by atoms with Gasteiger partial charge in [-0.2, -0.15) is 0 Å². The highest BCUT2D eigenvalue weighted by Gasteiger charge is 2.53. The van der Waals surface area contributed by atoms with E-state index >= 15 is 0 Å². The molecule has 0 aromatic rings. The van der Waals surface area contributed by atoms with Gasteiger partial charge in [-0.05, 0) is 85.7 Å². The van der Waals surface area contributed by atoms with Gasteiger partial charge in [0.15, 0.2) is 5.78 Å². The molecule has 6 atom stereocenters. The third-order valence-corrected chi connectivity index (χ3v) is 9.37. The van der Waals surface area contributed by atoms with Gasteiger partial charge < -0.3 is 0 Å². The van der Waals surface area contributed by atoms with E-state index < -0.39 is 0 Å². The summed E-state index contributed by atoms with van der Waals surface area (Å²) in [6.45, 7) is 14.4. The van der Waals surface area contributed by atoms with E-state index in [-0.39, 0.29) is 11.2 Å². The van der Waals surface area contributed by atoms with Crippen LogP contribution in [-0.2, 0) is 4.79 Å². The Morgan fingerprint density at radius 1 is 1.03 bits per heavy atom. The summed E-state index contributed by atoms with van der Waals surface area (Å²) >= 11 is 0. The van der Waals surface area contributed by atoms with Crippen molar-refractivity contribution in [1.29, 1.82) is 0 Å². The zero-order valence-electron chi connectivity index (χ0n) is 19.4. The molecule has 29 heavy (non-hydrogen) atoms. The van der Waals surface area contributed by atoms with Crippen molar-refractivity contribution < 1.29 is 4.79 Å². The van der Waals surface area contributed by atoms with Crippen molar-refractivity contribution >= 4 is 5.78 Å². The third-order valence-electron chi connectivity index (χ3n) is 9.37. The molecule has 0 amide bonds. The van der Waals surface area contributed by atoms with E-state index in [1.54, 1.807) is 11.1 Å². The van der Waals surface area contributed by atoms with Gasteiger partial charge in [0.25, 0.3) is 0 Å². The van der Waals surface area contributed by atoms with Crippen molar-refractivity contribution in [2.45, 2.75) is 80.1 Å². The predicted molar refractivity (Wildman–Crippen MR) is 122 cm³/mol. The lowest BCUT2D eigenvalue weighted by atomic mass is 9.53. The molecule has 4 aliphatic rings. The van der Waals surface area contributed by atoms with Crippen LogP contribution in [0.2, 0.25) is 0 Å². The highest BCUT2D eigenvalue weighted by atomic mass is 16.1. The lowest BCUT2D eigenvalue weighted by molar-refractivity contribution is -0.110. The van der Waals surface area contributed by atoms with E-state index in [0.717, 1.165) is 12.3 Å².